The molecule has 3 heteroatoms. The molecular formula is C18H29N3. The summed E-state index contributed by atoms with van der Waals surface area (Å²) in [4.78, 5) is 4.77. The van der Waals surface area contributed by atoms with Crippen molar-refractivity contribution in [3.63, 3.8) is 0 Å². The Morgan fingerprint density at radius 3 is 2.29 bits per heavy atom. The molecular weight excluding hydrogens is 258 g/mol. The predicted octanol–water partition coefficient (Wildman–Crippen LogP) is 2.72. The number of benzene rings is 1. The van der Waals surface area contributed by atoms with Crippen LogP contribution in [0, 0.1) is 5.92 Å². The smallest absolute Gasteiger partial charge is 0.0361 e. The lowest BCUT2D eigenvalue weighted by Crippen LogP contribution is -2.42. The molecule has 21 heavy (non-hydrogen) atoms. The van der Waals surface area contributed by atoms with Gasteiger partial charge in [0.25, 0.3) is 0 Å². The van der Waals surface area contributed by atoms with Gasteiger partial charge in [-0.25, -0.2) is 0 Å². The molecule has 2 saturated heterocycles. The van der Waals surface area contributed by atoms with Crippen molar-refractivity contribution in [2.24, 2.45) is 5.92 Å². The van der Waals surface area contributed by atoms with E-state index in [-0.39, 0.29) is 0 Å². The van der Waals surface area contributed by atoms with Crippen LogP contribution in [0.5, 0.6) is 0 Å². The highest BCUT2D eigenvalue weighted by Gasteiger charge is 2.37. The van der Waals surface area contributed by atoms with Gasteiger partial charge in [0.2, 0.25) is 0 Å². The average Bonchev–Trinajstić information content (AvgIpc) is 2.70. The number of anilines is 1. The molecule has 0 aromatic heterocycles. The lowest BCUT2D eigenvalue weighted by atomic mass is 9.91. The van der Waals surface area contributed by atoms with Gasteiger partial charge < -0.3 is 15.1 Å². The minimum Gasteiger partial charge on any atom is -0.378 e. The van der Waals surface area contributed by atoms with Gasteiger partial charge in [0, 0.05) is 38.4 Å². The molecule has 0 spiro atoms. The van der Waals surface area contributed by atoms with Gasteiger partial charge in [-0.15, -0.1) is 0 Å². The molecule has 0 saturated carbocycles. The summed E-state index contributed by atoms with van der Waals surface area (Å²) < 4.78 is 0. The van der Waals surface area contributed by atoms with Gasteiger partial charge in [-0.05, 0) is 62.9 Å². The maximum atomic E-state index is 3.67. The van der Waals surface area contributed by atoms with Gasteiger partial charge in [0.1, 0.15) is 0 Å². The van der Waals surface area contributed by atoms with Crippen LogP contribution in [0.15, 0.2) is 24.3 Å². The minimum absolute atomic E-state index is 0.856. The Bertz CT molecular complexity index is 440. The largest absolute Gasteiger partial charge is 0.378 e. The summed E-state index contributed by atoms with van der Waals surface area (Å²) in [5.74, 6) is 0.875. The van der Waals surface area contributed by atoms with E-state index in [4.69, 9.17) is 0 Å². The lowest BCUT2D eigenvalue weighted by molar-refractivity contribution is 0.133. The highest BCUT2D eigenvalue weighted by atomic mass is 15.2. The maximum absolute atomic E-state index is 3.67. The van der Waals surface area contributed by atoms with E-state index in [0.717, 1.165) is 24.5 Å². The summed E-state index contributed by atoms with van der Waals surface area (Å²) in [5, 5.41) is 3.67. The van der Waals surface area contributed by atoms with Crippen LogP contribution in [0.1, 0.15) is 31.2 Å². The molecule has 2 aliphatic heterocycles. The molecule has 2 heterocycles. The van der Waals surface area contributed by atoms with E-state index in [1.54, 1.807) is 0 Å². The van der Waals surface area contributed by atoms with Crippen LogP contribution in [0.25, 0.3) is 0 Å². The SMILES string of the molecule is CN(C)c1ccc(CNCC2CC3CCC(C2)N3C)cc1. The first-order chi connectivity index (χ1) is 10.1. The summed E-state index contributed by atoms with van der Waals surface area (Å²) in [7, 11) is 6.49. The molecule has 1 N–H and O–H groups in total. The molecule has 2 aliphatic rings. The first kappa shape index (κ1) is 14.9. The Balaban J connectivity index is 1.44. The Morgan fingerprint density at radius 2 is 1.71 bits per heavy atom. The molecule has 3 nitrogen and oxygen atoms in total. The van der Waals surface area contributed by atoms with E-state index in [2.05, 4.69) is 60.5 Å². The molecule has 3 rings (SSSR count). The summed E-state index contributed by atoms with van der Waals surface area (Å²) in [6.07, 6.45) is 5.62. The average molecular weight is 287 g/mol. The molecule has 0 radical (unpaired) electrons. The van der Waals surface area contributed by atoms with E-state index >= 15 is 0 Å². The molecule has 0 aliphatic carbocycles. The number of fused-ring (bicyclic) bond motifs is 2. The Morgan fingerprint density at radius 1 is 1.10 bits per heavy atom. The van der Waals surface area contributed by atoms with Crippen LogP contribution >= 0.6 is 0 Å². The first-order valence-corrected chi connectivity index (χ1v) is 8.32. The van der Waals surface area contributed by atoms with Gasteiger partial charge in [-0.2, -0.15) is 0 Å². The topological polar surface area (TPSA) is 18.5 Å². The predicted molar refractivity (Wildman–Crippen MR) is 89.8 cm³/mol. The first-order valence-electron chi connectivity index (χ1n) is 8.32. The highest BCUT2D eigenvalue weighted by Crippen LogP contribution is 2.37. The summed E-state index contributed by atoms with van der Waals surface area (Å²) >= 11 is 0. The molecule has 2 bridgehead atoms. The number of nitrogens with one attached hydrogen (secondary N) is 1. The lowest BCUT2D eigenvalue weighted by Gasteiger charge is -2.36. The summed E-state index contributed by atoms with van der Waals surface area (Å²) in [6.45, 7) is 2.17. The van der Waals surface area contributed by atoms with Crippen molar-refractivity contribution >= 4 is 5.69 Å². The Kier molecular flexibility index (Phi) is 4.51. The standard InChI is InChI=1S/C18H29N3/c1-20(2)16-6-4-14(5-7-16)12-19-13-15-10-17-8-9-18(11-15)21(17)3/h4-7,15,17-19H,8-13H2,1-3H3. The zero-order valence-corrected chi connectivity index (χ0v) is 13.7. The van der Waals surface area contributed by atoms with Crippen molar-refractivity contribution in [3.05, 3.63) is 29.8 Å². The van der Waals surface area contributed by atoms with E-state index in [1.807, 2.05) is 0 Å². The number of piperidine rings is 1. The third-order valence-corrected chi connectivity index (χ3v) is 5.41. The highest BCUT2D eigenvalue weighted by molar-refractivity contribution is 5.45. The molecule has 2 atom stereocenters. The summed E-state index contributed by atoms with van der Waals surface area (Å²) in [6, 6.07) is 10.6. The molecule has 1 aromatic carbocycles. The van der Waals surface area contributed by atoms with Crippen molar-refractivity contribution < 1.29 is 0 Å². The molecule has 0 amide bonds. The van der Waals surface area contributed by atoms with Crippen molar-refractivity contribution in [2.45, 2.75) is 44.3 Å². The monoisotopic (exact) mass is 287 g/mol. The zero-order valence-electron chi connectivity index (χ0n) is 13.7. The second kappa shape index (κ2) is 6.37. The number of hydrogen-bond acceptors (Lipinski definition) is 3. The second-order valence-corrected chi connectivity index (χ2v) is 7.08. The van der Waals surface area contributed by atoms with Crippen molar-refractivity contribution in [1.29, 1.82) is 0 Å². The van der Waals surface area contributed by atoms with Crippen LogP contribution < -0.4 is 10.2 Å². The van der Waals surface area contributed by atoms with Gasteiger partial charge in [0.05, 0.1) is 0 Å². The maximum Gasteiger partial charge on any atom is 0.0361 e. The minimum atomic E-state index is 0.856. The van der Waals surface area contributed by atoms with Gasteiger partial charge in [-0.1, -0.05) is 12.1 Å². The fourth-order valence-corrected chi connectivity index (χ4v) is 4.02. The van der Waals surface area contributed by atoms with Crippen molar-refractivity contribution in [3.8, 4) is 0 Å². The molecule has 1 aromatic rings. The third kappa shape index (κ3) is 3.41. The Hall–Kier alpha value is -1.06. The molecule has 116 valence electrons. The van der Waals surface area contributed by atoms with E-state index in [0.29, 0.717) is 0 Å². The quantitative estimate of drug-likeness (QED) is 0.898. The van der Waals surface area contributed by atoms with Crippen LogP contribution in [0.2, 0.25) is 0 Å². The second-order valence-electron chi connectivity index (χ2n) is 7.08. The van der Waals surface area contributed by atoms with Crippen LogP contribution in [0.3, 0.4) is 0 Å². The third-order valence-electron chi connectivity index (χ3n) is 5.41. The van der Waals surface area contributed by atoms with Crippen LogP contribution in [-0.4, -0.2) is 44.7 Å². The summed E-state index contributed by atoms with van der Waals surface area (Å²) in [5.41, 5.74) is 2.65. The van der Waals surface area contributed by atoms with Gasteiger partial charge in [0.15, 0.2) is 0 Å². The Labute approximate surface area is 129 Å². The fraction of sp³-hybridized carbons (Fsp3) is 0.667. The van der Waals surface area contributed by atoms with Gasteiger partial charge >= 0.3 is 0 Å². The van der Waals surface area contributed by atoms with Crippen molar-refractivity contribution in [2.75, 3.05) is 32.6 Å². The van der Waals surface area contributed by atoms with E-state index in [1.165, 1.54) is 43.5 Å². The van der Waals surface area contributed by atoms with Crippen LogP contribution in [-0.2, 0) is 6.54 Å². The zero-order chi connectivity index (χ0) is 14.8. The normalized spacial score (nSPS) is 28.8. The molecule has 2 fully saturated rings. The number of rotatable bonds is 5. The number of nitrogens with zero attached hydrogens (tertiary/aromatic N) is 2. The van der Waals surface area contributed by atoms with Crippen molar-refractivity contribution in [1.82, 2.24) is 10.2 Å². The fourth-order valence-electron chi connectivity index (χ4n) is 4.02. The van der Waals surface area contributed by atoms with E-state index in [9.17, 15) is 0 Å². The molecule has 2 unspecified atom stereocenters. The van der Waals surface area contributed by atoms with Crippen LogP contribution in [0.4, 0.5) is 5.69 Å². The number of hydrogen-bond donors (Lipinski definition) is 1. The van der Waals surface area contributed by atoms with E-state index < -0.39 is 0 Å². The van der Waals surface area contributed by atoms with Gasteiger partial charge in [-0.3, -0.25) is 0 Å².